The van der Waals surface area contributed by atoms with Gasteiger partial charge in [0.25, 0.3) is 15.9 Å². The van der Waals surface area contributed by atoms with Crippen molar-refractivity contribution in [3.8, 4) is 0 Å². The van der Waals surface area contributed by atoms with E-state index in [0.29, 0.717) is 0 Å². The molecule has 1 aliphatic rings. The highest BCUT2D eigenvalue weighted by molar-refractivity contribution is 8.14. The summed E-state index contributed by atoms with van der Waals surface area (Å²) in [6.45, 7) is 3.30. The number of benzene rings is 1. The largest absolute Gasteiger partial charge is 0.447 e. The number of hydrogen-bond acceptors (Lipinski definition) is 8. The van der Waals surface area contributed by atoms with Crippen molar-refractivity contribution in [2.45, 2.75) is 29.6 Å². The Morgan fingerprint density at radius 2 is 1.96 bits per heavy atom. The van der Waals surface area contributed by atoms with E-state index in [1.165, 1.54) is 17.8 Å². The highest BCUT2D eigenvalue weighted by Gasteiger charge is 2.33. The fourth-order valence-corrected chi connectivity index (χ4v) is 5.97. The molecular formula is C16H17N3O5S3. The van der Waals surface area contributed by atoms with E-state index in [2.05, 4.69) is 15.4 Å². The molecule has 0 radical (unpaired) electrons. The molecule has 2 heterocycles. The standard InChI is InChI=1S/C16H17N3O5S3/c1-9(2)24-15(21)18-13(20)10-7-8-25-14(10)19-27(22,23)16-17-11-5-3-4-6-12(11)26-16/h3-9,16-17,19H,1-2H3,(H,18,20,21). The highest BCUT2D eigenvalue weighted by Crippen LogP contribution is 2.41. The van der Waals surface area contributed by atoms with Crippen LogP contribution in [0.1, 0.15) is 24.2 Å². The molecule has 1 atom stereocenters. The van der Waals surface area contributed by atoms with Gasteiger partial charge in [0.15, 0.2) is 4.71 Å². The van der Waals surface area contributed by atoms with Gasteiger partial charge in [-0.2, -0.15) is 0 Å². The third kappa shape index (κ3) is 4.54. The lowest BCUT2D eigenvalue weighted by molar-refractivity contribution is 0.0877. The van der Waals surface area contributed by atoms with Crippen molar-refractivity contribution in [1.29, 1.82) is 0 Å². The molecule has 3 rings (SSSR count). The molecule has 3 N–H and O–H groups in total. The Labute approximate surface area is 164 Å². The maximum atomic E-state index is 12.7. The summed E-state index contributed by atoms with van der Waals surface area (Å²) < 4.78 is 31.8. The molecule has 27 heavy (non-hydrogen) atoms. The average molecular weight is 428 g/mol. The number of thioether (sulfide) groups is 1. The van der Waals surface area contributed by atoms with Crippen LogP contribution in [0.15, 0.2) is 40.6 Å². The molecule has 0 spiro atoms. The number of amides is 2. The Balaban J connectivity index is 1.71. The predicted octanol–water partition coefficient (Wildman–Crippen LogP) is 3.27. The second kappa shape index (κ2) is 7.79. The van der Waals surface area contributed by atoms with Gasteiger partial charge in [0.05, 0.1) is 11.7 Å². The van der Waals surface area contributed by atoms with Gasteiger partial charge in [-0.1, -0.05) is 23.9 Å². The van der Waals surface area contributed by atoms with Crippen LogP contribution in [0.25, 0.3) is 0 Å². The summed E-state index contributed by atoms with van der Waals surface area (Å²) in [5.41, 5.74) is 0.781. The number of carbonyl (C=O) groups excluding carboxylic acids is 2. The van der Waals surface area contributed by atoms with Crippen molar-refractivity contribution in [2.75, 3.05) is 10.0 Å². The van der Waals surface area contributed by atoms with Crippen molar-refractivity contribution in [1.82, 2.24) is 5.32 Å². The van der Waals surface area contributed by atoms with Gasteiger partial charge in [0, 0.05) is 10.6 Å². The molecule has 0 aliphatic carbocycles. The summed E-state index contributed by atoms with van der Waals surface area (Å²) in [4.78, 5) is 24.7. The number of sulfonamides is 1. The number of nitrogens with one attached hydrogen (secondary N) is 3. The number of para-hydroxylation sites is 1. The Morgan fingerprint density at radius 1 is 1.22 bits per heavy atom. The molecule has 2 amide bonds. The van der Waals surface area contributed by atoms with Crippen molar-refractivity contribution in [2.24, 2.45) is 0 Å². The minimum absolute atomic E-state index is 0.0461. The van der Waals surface area contributed by atoms with Crippen LogP contribution in [0, 0.1) is 0 Å². The highest BCUT2D eigenvalue weighted by atomic mass is 32.3. The Morgan fingerprint density at radius 3 is 2.67 bits per heavy atom. The van der Waals surface area contributed by atoms with E-state index in [0.717, 1.165) is 21.9 Å². The maximum Gasteiger partial charge on any atom is 0.414 e. The van der Waals surface area contributed by atoms with E-state index in [-0.39, 0.29) is 16.7 Å². The Kier molecular flexibility index (Phi) is 5.63. The van der Waals surface area contributed by atoms with Crippen LogP contribution in [0.4, 0.5) is 15.5 Å². The lowest BCUT2D eigenvalue weighted by Crippen LogP contribution is -2.33. The molecular weight excluding hydrogens is 410 g/mol. The summed E-state index contributed by atoms with van der Waals surface area (Å²) in [6, 6.07) is 8.69. The van der Waals surface area contributed by atoms with Crippen LogP contribution in [0.5, 0.6) is 0 Å². The number of anilines is 2. The molecule has 0 saturated carbocycles. The molecule has 0 fully saturated rings. The SMILES string of the molecule is CC(C)OC(=O)NC(=O)c1ccsc1NS(=O)(=O)C1Nc2ccccc2S1. The number of ether oxygens (including phenoxy) is 1. The zero-order valence-corrected chi connectivity index (χ0v) is 16.8. The average Bonchev–Trinajstić information content (AvgIpc) is 3.20. The first-order chi connectivity index (χ1) is 12.8. The minimum atomic E-state index is -3.84. The Bertz CT molecular complexity index is 946. The molecule has 144 valence electrons. The second-order valence-corrected chi connectivity index (χ2v) is 9.94. The fraction of sp³-hybridized carbons (Fsp3) is 0.250. The molecule has 2 aromatic rings. The number of imide groups is 1. The fourth-order valence-electron chi connectivity index (χ4n) is 2.25. The molecule has 0 bridgehead atoms. The summed E-state index contributed by atoms with van der Waals surface area (Å²) in [5, 5.41) is 6.69. The third-order valence-corrected chi connectivity index (χ3v) is 7.50. The van der Waals surface area contributed by atoms with Crippen LogP contribution in [0.3, 0.4) is 0 Å². The first kappa shape index (κ1) is 19.5. The molecule has 1 aromatic heterocycles. The van der Waals surface area contributed by atoms with Crippen LogP contribution >= 0.6 is 23.1 Å². The summed E-state index contributed by atoms with van der Waals surface area (Å²) in [6.07, 6.45) is -1.27. The number of fused-ring (bicyclic) bond motifs is 1. The van der Waals surface area contributed by atoms with Crippen LogP contribution in [0.2, 0.25) is 0 Å². The van der Waals surface area contributed by atoms with Crippen molar-refractivity contribution in [3.63, 3.8) is 0 Å². The molecule has 1 unspecified atom stereocenters. The number of carbonyl (C=O) groups is 2. The van der Waals surface area contributed by atoms with Gasteiger partial charge in [0.2, 0.25) is 0 Å². The molecule has 1 aliphatic heterocycles. The third-order valence-electron chi connectivity index (χ3n) is 3.38. The zero-order chi connectivity index (χ0) is 19.6. The number of thiophene rings is 1. The van der Waals surface area contributed by atoms with Gasteiger partial charge in [-0.05, 0) is 37.4 Å². The quantitative estimate of drug-likeness (QED) is 0.671. The van der Waals surface area contributed by atoms with Gasteiger partial charge in [-0.15, -0.1) is 11.3 Å². The monoisotopic (exact) mass is 427 g/mol. The molecule has 0 saturated heterocycles. The minimum Gasteiger partial charge on any atom is -0.447 e. The van der Waals surface area contributed by atoms with Gasteiger partial charge in [0.1, 0.15) is 5.00 Å². The van der Waals surface area contributed by atoms with Gasteiger partial charge >= 0.3 is 6.09 Å². The lowest BCUT2D eigenvalue weighted by atomic mass is 10.3. The van der Waals surface area contributed by atoms with Crippen molar-refractivity contribution >= 4 is 55.8 Å². The number of rotatable bonds is 5. The second-order valence-electron chi connectivity index (χ2n) is 5.81. The van der Waals surface area contributed by atoms with E-state index in [4.69, 9.17) is 4.74 Å². The van der Waals surface area contributed by atoms with E-state index >= 15 is 0 Å². The smallest absolute Gasteiger partial charge is 0.414 e. The van der Waals surface area contributed by atoms with Crippen LogP contribution in [-0.2, 0) is 14.8 Å². The first-order valence-corrected chi connectivity index (χ1v) is 11.2. The predicted molar refractivity (Wildman–Crippen MR) is 106 cm³/mol. The van der Waals surface area contributed by atoms with E-state index < -0.39 is 26.7 Å². The van der Waals surface area contributed by atoms with E-state index in [1.807, 2.05) is 18.2 Å². The summed E-state index contributed by atoms with van der Waals surface area (Å²) in [7, 11) is -3.84. The van der Waals surface area contributed by atoms with Crippen LogP contribution in [-0.4, -0.2) is 31.2 Å². The lowest BCUT2D eigenvalue weighted by Gasteiger charge is -2.14. The maximum absolute atomic E-state index is 12.7. The van der Waals surface area contributed by atoms with Crippen molar-refractivity contribution < 1.29 is 22.7 Å². The van der Waals surface area contributed by atoms with Gasteiger partial charge in [-0.25, -0.2) is 13.2 Å². The first-order valence-electron chi connectivity index (χ1n) is 7.89. The Hall–Kier alpha value is -2.24. The van der Waals surface area contributed by atoms with Gasteiger partial charge < -0.3 is 10.1 Å². The number of alkyl carbamates (subject to hydrolysis) is 1. The van der Waals surface area contributed by atoms with E-state index in [9.17, 15) is 18.0 Å². The normalized spacial score (nSPS) is 15.7. The van der Waals surface area contributed by atoms with Gasteiger partial charge in [-0.3, -0.25) is 14.8 Å². The summed E-state index contributed by atoms with van der Waals surface area (Å²) >= 11 is 2.21. The molecule has 1 aromatic carbocycles. The summed E-state index contributed by atoms with van der Waals surface area (Å²) in [5.74, 6) is -0.741. The molecule has 11 heteroatoms. The van der Waals surface area contributed by atoms with Crippen molar-refractivity contribution in [3.05, 3.63) is 41.3 Å². The topological polar surface area (TPSA) is 114 Å². The van der Waals surface area contributed by atoms with E-state index in [1.54, 1.807) is 25.3 Å². The van der Waals surface area contributed by atoms with Crippen LogP contribution < -0.4 is 15.4 Å². The number of hydrogen-bond donors (Lipinski definition) is 3. The zero-order valence-electron chi connectivity index (χ0n) is 14.4. The molecule has 8 nitrogen and oxygen atoms in total.